The second-order valence-electron chi connectivity index (χ2n) is 6.20. The normalized spacial score (nSPS) is 12.8. The zero-order valence-corrected chi connectivity index (χ0v) is 14.8. The third kappa shape index (κ3) is 5.03. The molecule has 0 saturated carbocycles. The Bertz CT molecular complexity index is 433. The van der Waals surface area contributed by atoms with Gasteiger partial charge in [-0.25, -0.2) is 0 Å². The summed E-state index contributed by atoms with van der Waals surface area (Å²) in [5.74, 6) is 0. The molecular weight excluding hydrogens is 299 g/mol. The van der Waals surface area contributed by atoms with Crippen LogP contribution in [0, 0.1) is 0 Å². The van der Waals surface area contributed by atoms with E-state index in [0.29, 0.717) is 10.3 Å². The van der Waals surface area contributed by atoms with Crippen LogP contribution in [0.25, 0.3) is 0 Å². The molecule has 0 atom stereocenters. The van der Waals surface area contributed by atoms with Crippen molar-refractivity contribution in [1.29, 1.82) is 0 Å². The summed E-state index contributed by atoms with van der Waals surface area (Å²) in [4.78, 5) is 0. The van der Waals surface area contributed by atoms with Gasteiger partial charge in [0.05, 0.1) is 0 Å². The van der Waals surface area contributed by atoms with Gasteiger partial charge in [-0.15, -0.1) is 10.2 Å². The predicted molar refractivity (Wildman–Crippen MR) is 83.5 cm³/mol. The van der Waals surface area contributed by atoms with Gasteiger partial charge in [-0.3, -0.25) is 0 Å². The Labute approximate surface area is 126 Å². The second-order valence-corrected chi connectivity index (χ2v) is 11.7. The molecule has 0 bridgehead atoms. The third-order valence-corrected chi connectivity index (χ3v) is 8.69. The SMILES string of the molecule is CC(C)(C)[Si](C)(C)OCCCc1cc(Cl)nnc1Cl. The lowest BCUT2D eigenvalue weighted by Gasteiger charge is -2.36. The lowest BCUT2D eigenvalue weighted by atomic mass is 10.2. The first kappa shape index (κ1) is 16.9. The van der Waals surface area contributed by atoms with Gasteiger partial charge in [0.1, 0.15) is 0 Å². The van der Waals surface area contributed by atoms with Crippen molar-refractivity contribution in [3.05, 3.63) is 21.9 Å². The molecule has 0 unspecified atom stereocenters. The van der Waals surface area contributed by atoms with Crippen LogP contribution < -0.4 is 0 Å². The maximum Gasteiger partial charge on any atom is 0.191 e. The molecule has 0 saturated heterocycles. The number of aryl methyl sites for hydroxylation is 1. The van der Waals surface area contributed by atoms with Crippen LogP contribution in [0.4, 0.5) is 0 Å². The van der Waals surface area contributed by atoms with E-state index in [1.165, 1.54) is 0 Å². The average molecular weight is 321 g/mol. The summed E-state index contributed by atoms with van der Waals surface area (Å²) in [5.41, 5.74) is 0.931. The quantitative estimate of drug-likeness (QED) is 0.580. The Balaban J connectivity index is 2.45. The van der Waals surface area contributed by atoms with E-state index in [2.05, 4.69) is 44.1 Å². The van der Waals surface area contributed by atoms with Crippen LogP contribution in [0.3, 0.4) is 0 Å². The van der Waals surface area contributed by atoms with Crippen molar-refractivity contribution in [2.45, 2.75) is 51.7 Å². The van der Waals surface area contributed by atoms with Gasteiger partial charge < -0.3 is 4.43 Å². The summed E-state index contributed by atoms with van der Waals surface area (Å²) in [6.07, 6.45) is 1.72. The third-order valence-electron chi connectivity index (χ3n) is 3.65. The minimum absolute atomic E-state index is 0.242. The standard InChI is InChI=1S/C13H22Cl2N2OSi/c1-13(2,3)19(4,5)18-8-6-7-10-9-11(14)16-17-12(10)15/h9H,6-8H2,1-5H3. The van der Waals surface area contributed by atoms with Crippen molar-refractivity contribution >= 4 is 31.5 Å². The second kappa shape index (κ2) is 6.53. The van der Waals surface area contributed by atoms with Gasteiger partial charge in [0.25, 0.3) is 0 Å². The van der Waals surface area contributed by atoms with E-state index >= 15 is 0 Å². The van der Waals surface area contributed by atoms with Gasteiger partial charge in [-0.2, -0.15) is 0 Å². The van der Waals surface area contributed by atoms with Crippen LogP contribution in [-0.4, -0.2) is 25.1 Å². The number of halogens is 2. The molecule has 1 aromatic rings. The highest BCUT2D eigenvalue weighted by Gasteiger charge is 2.36. The molecular formula is C13H22Cl2N2OSi. The summed E-state index contributed by atoms with van der Waals surface area (Å²) in [5, 5.41) is 8.54. The van der Waals surface area contributed by atoms with Crippen LogP contribution in [0.5, 0.6) is 0 Å². The monoisotopic (exact) mass is 320 g/mol. The first-order valence-corrected chi connectivity index (χ1v) is 10.1. The van der Waals surface area contributed by atoms with Crippen LogP contribution in [0.2, 0.25) is 28.4 Å². The number of nitrogens with zero attached hydrogens (tertiary/aromatic N) is 2. The zero-order chi connectivity index (χ0) is 14.7. The van der Waals surface area contributed by atoms with E-state index in [4.69, 9.17) is 27.6 Å². The fourth-order valence-corrected chi connectivity index (χ4v) is 2.81. The molecule has 3 nitrogen and oxygen atoms in total. The molecule has 108 valence electrons. The Morgan fingerprint density at radius 2 is 1.84 bits per heavy atom. The molecule has 0 spiro atoms. The molecule has 0 aliphatic heterocycles. The molecule has 1 heterocycles. The molecule has 0 fully saturated rings. The lowest BCUT2D eigenvalue weighted by molar-refractivity contribution is 0.282. The highest BCUT2D eigenvalue weighted by molar-refractivity contribution is 6.74. The lowest BCUT2D eigenvalue weighted by Crippen LogP contribution is -2.41. The first-order chi connectivity index (χ1) is 8.63. The average Bonchev–Trinajstić information content (AvgIpc) is 2.27. The fraction of sp³-hybridized carbons (Fsp3) is 0.692. The van der Waals surface area contributed by atoms with Crippen LogP contribution in [-0.2, 0) is 10.8 Å². The molecule has 19 heavy (non-hydrogen) atoms. The molecule has 0 N–H and O–H groups in total. The van der Waals surface area contributed by atoms with Crippen molar-refractivity contribution in [2.24, 2.45) is 0 Å². The number of hydrogen-bond donors (Lipinski definition) is 0. The number of rotatable bonds is 5. The minimum atomic E-state index is -1.65. The molecule has 6 heteroatoms. The van der Waals surface area contributed by atoms with E-state index in [1.54, 1.807) is 6.07 Å². The van der Waals surface area contributed by atoms with Crippen molar-refractivity contribution < 1.29 is 4.43 Å². The molecule has 0 aliphatic carbocycles. The van der Waals surface area contributed by atoms with Gasteiger partial charge >= 0.3 is 0 Å². The molecule has 0 aromatic carbocycles. The maximum absolute atomic E-state index is 6.11. The summed E-state index contributed by atoms with van der Waals surface area (Å²) in [7, 11) is -1.65. The minimum Gasteiger partial charge on any atom is -0.417 e. The Kier molecular flexibility index (Phi) is 5.80. The zero-order valence-electron chi connectivity index (χ0n) is 12.3. The predicted octanol–water partition coefficient (Wildman–Crippen LogP) is 4.74. The number of hydrogen-bond acceptors (Lipinski definition) is 3. The largest absolute Gasteiger partial charge is 0.417 e. The molecule has 0 amide bonds. The highest BCUT2D eigenvalue weighted by atomic mass is 35.5. The summed E-state index contributed by atoms with van der Waals surface area (Å²) in [6.45, 7) is 12.0. The van der Waals surface area contributed by atoms with Gasteiger partial charge in [-0.1, -0.05) is 44.0 Å². The highest BCUT2D eigenvalue weighted by Crippen LogP contribution is 2.36. The van der Waals surface area contributed by atoms with E-state index in [1.807, 2.05) is 0 Å². The van der Waals surface area contributed by atoms with Crippen LogP contribution in [0.15, 0.2) is 6.07 Å². The Hall–Kier alpha value is -0.163. The van der Waals surface area contributed by atoms with Gasteiger partial charge in [0, 0.05) is 6.61 Å². The van der Waals surface area contributed by atoms with E-state index in [0.717, 1.165) is 25.0 Å². The van der Waals surface area contributed by atoms with Gasteiger partial charge in [0.2, 0.25) is 0 Å². The van der Waals surface area contributed by atoms with Gasteiger partial charge in [0.15, 0.2) is 18.6 Å². The summed E-state index contributed by atoms with van der Waals surface area (Å²) >= 11 is 11.8. The molecule has 0 radical (unpaired) electrons. The first-order valence-electron chi connectivity index (χ1n) is 6.45. The fourth-order valence-electron chi connectivity index (χ4n) is 1.37. The van der Waals surface area contributed by atoms with E-state index in [-0.39, 0.29) is 5.04 Å². The van der Waals surface area contributed by atoms with Crippen LogP contribution in [0.1, 0.15) is 32.8 Å². The Morgan fingerprint density at radius 1 is 1.21 bits per heavy atom. The molecule has 1 aromatic heterocycles. The van der Waals surface area contributed by atoms with Crippen LogP contribution >= 0.6 is 23.2 Å². The summed E-state index contributed by atoms with van der Waals surface area (Å²) < 4.78 is 6.11. The van der Waals surface area contributed by atoms with Crippen molar-refractivity contribution in [3.63, 3.8) is 0 Å². The molecule has 1 rings (SSSR count). The smallest absolute Gasteiger partial charge is 0.191 e. The Morgan fingerprint density at radius 3 is 2.42 bits per heavy atom. The van der Waals surface area contributed by atoms with Crippen molar-refractivity contribution in [2.75, 3.05) is 6.61 Å². The number of aromatic nitrogens is 2. The van der Waals surface area contributed by atoms with E-state index < -0.39 is 8.32 Å². The van der Waals surface area contributed by atoms with Crippen molar-refractivity contribution in [3.8, 4) is 0 Å². The molecule has 0 aliphatic rings. The van der Waals surface area contributed by atoms with E-state index in [9.17, 15) is 0 Å². The topological polar surface area (TPSA) is 35.0 Å². The van der Waals surface area contributed by atoms with Crippen molar-refractivity contribution in [1.82, 2.24) is 10.2 Å². The van der Waals surface area contributed by atoms with Gasteiger partial charge in [-0.05, 0) is 42.6 Å². The maximum atomic E-state index is 6.11. The summed E-state index contributed by atoms with van der Waals surface area (Å²) in [6, 6.07) is 1.77.